The van der Waals surface area contributed by atoms with Gasteiger partial charge in [0.05, 0.1) is 0 Å². The van der Waals surface area contributed by atoms with Crippen molar-refractivity contribution in [3.63, 3.8) is 0 Å². The number of carboxylic acids is 1. The number of carbonyl (C=O) groups is 2. The standard InChI is InChI=1S/C15H17NO4/c17-13(18)12-8-15(6-7-15)10-16(12)14(19)20-9-11-4-2-1-3-5-11/h1-5,12H,6-10H2,(H,17,18)/t12-/m1/s1. The van der Waals surface area contributed by atoms with Crippen LogP contribution in [0.25, 0.3) is 0 Å². The maximum Gasteiger partial charge on any atom is 0.410 e. The summed E-state index contributed by atoms with van der Waals surface area (Å²) in [5.74, 6) is -0.939. The molecule has 2 aliphatic rings. The van der Waals surface area contributed by atoms with Gasteiger partial charge in [0.2, 0.25) is 0 Å². The van der Waals surface area contributed by atoms with E-state index in [2.05, 4.69) is 0 Å². The normalized spacial score (nSPS) is 22.8. The third-order valence-electron chi connectivity index (χ3n) is 4.19. The summed E-state index contributed by atoms with van der Waals surface area (Å²) in [6, 6.07) is 8.64. The topological polar surface area (TPSA) is 66.8 Å². The molecule has 0 radical (unpaired) electrons. The molecule has 0 aromatic heterocycles. The predicted molar refractivity (Wildman–Crippen MR) is 71.0 cm³/mol. The Morgan fingerprint density at radius 3 is 2.60 bits per heavy atom. The van der Waals surface area contributed by atoms with Crippen LogP contribution in [0.1, 0.15) is 24.8 Å². The fourth-order valence-electron chi connectivity index (χ4n) is 2.81. The van der Waals surface area contributed by atoms with Crippen LogP contribution in [-0.4, -0.2) is 34.7 Å². The third-order valence-corrected chi connectivity index (χ3v) is 4.19. The SMILES string of the molecule is O=C(O)[C@H]1CC2(CC2)CN1C(=O)OCc1ccccc1. The Bertz CT molecular complexity index is 524. The lowest BCUT2D eigenvalue weighted by Gasteiger charge is -2.20. The van der Waals surface area contributed by atoms with Crippen molar-refractivity contribution in [2.45, 2.75) is 31.9 Å². The molecule has 5 heteroatoms. The summed E-state index contributed by atoms with van der Waals surface area (Å²) < 4.78 is 5.24. The molecule has 1 aromatic carbocycles. The van der Waals surface area contributed by atoms with E-state index < -0.39 is 18.1 Å². The van der Waals surface area contributed by atoms with Gasteiger partial charge in [0.25, 0.3) is 0 Å². The summed E-state index contributed by atoms with van der Waals surface area (Å²) >= 11 is 0. The van der Waals surface area contributed by atoms with Gasteiger partial charge in [-0.15, -0.1) is 0 Å². The van der Waals surface area contributed by atoms with E-state index in [0.29, 0.717) is 13.0 Å². The minimum Gasteiger partial charge on any atom is -0.480 e. The predicted octanol–water partition coefficient (Wildman–Crippen LogP) is 2.26. The molecule has 1 spiro atoms. The van der Waals surface area contributed by atoms with Crippen molar-refractivity contribution in [2.75, 3.05) is 6.54 Å². The van der Waals surface area contributed by atoms with E-state index >= 15 is 0 Å². The first-order valence-electron chi connectivity index (χ1n) is 6.80. The molecule has 0 bridgehead atoms. The molecule has 0 unspecified atom stereocenters. The van der Waals surface area contributed by atoms with E-state index in [1.54, 1.807) is 0 Å². The van der Waals surface area contributed by atoms with Crippen LogP contribution >= 0.6 is 0 Å². The average Bonchev–Trinajstić information content (AvgIpc) is 3.08. The molecule has 1 heterocycles. The highest BCUT2D eigenvalue weighted by atomic mass is 16.6. The van der Waals surface area contributed by atoms with Crippen molar-refractivity contribution in [2.24, 2.45) is 5.41 Å². The lowest BCUT2D eigenvalue weighted by molar-refractivity contribution is -0.141. The maximum atomic E-state index is 12.1. The zero-order chi connectivity index (χ0) is 14.2. The van der Waals surface area contributed by atoms with E-state index in [1.807, 2.05) is 30.3 Å². The number of ether oxygens (including phenoxy) is 1. The number of amides is 1. The third kappa shape index (κ3) is 2.48. The lowest BCUT2D eigenvalue weighted by atomic mass is 10.0. The van der Waals surface area contributed by atoms with Crippen molar-refractivity contribution in [1.82, 2.24) is 4.90 Å². The van der Waals surface area contributed by atoms with Crippen molar-refractivity contribution in [3.05, 3.63) is 35.9 Å². The van der Waals surface area contributed by atoms with E-state index in [9.17, 15) is 14.7 Å². The Labute approximate surface area is 117 Å². The van der Waals surface area contributed by atoms with Crippen molar-refractivity contribution in [1.29, 1.82) is 0 Å². The first kappa shape index (κ1) is 13.0. The summed E-state index contributed by atoms with van der Waals surface area (Å²) in [5, 5.41) is 9.23. The van der Waals surface area contributed by atoms with Gasteiger partial charge >= 0.3 is 12.1 Å². The first-order valence-corrected chi connectivity index (χ1v) is 6.80. The number of hydrogen-bond acceptors (Lipinski definition) is 3. The Balaban J connectivity index is 1.62. The highest BCUT2D eigenvalue weighted by Gasteiger charge is 2.55. The van der Waals surface area contributed by atoms with E-state index in [0.717, 1.165) is 18.4 Å². The van der Waals surface area contributed by atoms with Gasteiger partial charge < -0.3 is 9.84 Å². The van der Waals surface area contributed by atoms with Crippen LogP contribution in [0.3, 0.4) is 0 Å². The molecular formula is C15H17NO4. The molecule has 3 rings (SSSR count). The summed E-state index contributed by atoms with van der Waals surface area (Å²) in [6.07, 6.45) is 2.06. The van der Waals surface area contributed by atoms with Gasteiger partial charge in [0.1, 0.15) is 12.6 Å². The highest BCUT2D eigenvalue weighted by molar-refractivity contribution is 5.81. The zero-order valence-corrected chi connectivity index (χ0v) is 11.1. The molecular weight excluding hydrogens is 258 g/mol. The molecule has 1 saturated carbocycles. The minimum absolute atomic E-state index is 0.0504. The molecule has 1 N–H and O–H groups in total. The van der Waals surface area contributed by atoms with Crippen LogP contribution in [0.5, 0.6) is 0 Å². The molecule has 1 aromatic rings. The van der Waals surface area contributed by atoms with Crippen LogP contribution in [0.4, 0.5) is 4.79 Å². The Morgan fingerprint density at radius 1 is 1.30 bits per heavy atom. The first-order chi connectivity index (χ1) is 9.60. The van der Waals surface area contributed by atoms with Gasteiger partial charge in [-0.05, 0) is 30.2 Å². The summed E-state index contributed by atoms with van der Waals surface area (Å²) in [4.78, 5) is 24.7. The number of benzene rings is 1. The quantitative estimate of drug-likeness (QED) is 0.918. The van der Waals surface area contributed by atoms with Crippen molar-refractivity contribution >= 4 is 12.1 Å². The average molecular weight is 275 g/mol. The fraction of sp³-hybridized carbons (Fsp3) is 0.467. The molecule has 1 aliphatic heterocycles. The van der Waals surface area contributed by atoms with E-state index in [4.69, 9.17) is 4.74 Å². The van der Waals surface area contributed by atoms with Gasteiger partial charge in [-0.1, -0.05) is 30.3 Å². The van der Waals surface area contributed by atoms with Gasteiger partial charge in [-0.2, -0.15) is 0 Å². The molecule has 1 atom stereocenters. The van der Waals surface area contributed by atoms with E-state index in [-0.39, 0.29) is 12.0 Å². The number of likely N-dealkylation sites (tertiary alicyclic amines) is 1. The second-order valence-electron chi connectivity index (χ2n) is 5.73. The molecule has 20 heavy (non-hydrogen) atoms. The molecule has 1 aliphatic carbocycles. The van der Waals surface area contributed by atoms with Gasteiger partial charge in [-0.25, -0.2) is 9.59 Å². The summed E-state index contributed by atoms with van der Waals surface area (Å²) in [7, 11) is 0. The molecule has 5 nitrogen and oxygen atoms in total. The fourth-order valence-corrected chi connectivity index (χ4v) is 2.81. The lowest BCUT2D eigenvalue weighted by Crippen LogP contribution is -2.40. The van der Waals surface area contributed by atoms with E-state index in [1.165, 1.54) is 4.90 Å². The number of hydrogen-bond donors (Lipinski definition) is 1. The second-order valence-corrected chi connectivity index (χ2v) is 5.73. The van der Waals surface area contributed by atoms with Crippen molar-refractivity contribution in [3.8, 4) is 0 Å². The Morgan fingerprint density at radius 2 is 2.00 bits per heavy atom. The van der Waals surface area contributed by atoms with Crippen LogP contribution in [0.15, 0.2) is 30.3 Å². The van der Waals surface area contributed by atoms with Crippen LogP contribution in [0, 0.1) is 5.41 Å². The van der Waals surface area contributed by atoms with Gasteiger partial charge in [-0.3, -0.25) is 4.90 Å². The Kier molecular flexibility index (Phi) is 3.12. The molecule has 1 saturated heterocycles. The monoisotopic (exact) mass is 275 g/mol. The largest absolute Gasteiger partial charge is 0.480 e. The second kappa shape index (κ2) is 4.81. The smallest absolute Gasteiger partial charge is 0.410 e. The number of aliphatic carboxylic acids is 1. The minimum atomic E-state index is -0.939. The molecule has 106 valence electrons. The van der Waals surface area contributed by atoms with Crippen LogP contribution in [0.2, 0.25) is 0 Å². The summed E-state index contributed by atoms with van der Waals surface area (Å²) in [5.41, 5.74) is 0.947. The zero-order valence-electron chi connectivity index (χ0n) is 11.1. The van der Waals surface area contributed by atoms with Gasteiger partial charge in [0.15, 0.2) is 0 Å². The van der Waals surface area contributed by atoms with Crippen LogP contribution < -0.4 is 0 Å². The summed E-state index contributed by atoms with van der Waals surface area (Å²) in [6.45, 7) is 0.688. The van der Waals surface area contributed by atoms with Crippen molar-refractivity contribution < 1.29 is 19.4 Å². The number of carbonyl (C=O) groups excluding carboxylic acids is 1. The number of rotatable bonds is 3. The number of carboxylic acid groups (broad SMARTS) is 1. The van der Waals surface area contributed by atoms with Gasteiger partial charge in [0, 0.05) is 6.54 Å². The number of nitrogens with zero attached hydrogens (tertiary/aromatic N) is 1. The maximum absolute atomic E-state index is 12.1. The molecule has 2 fully saturated rings. The van der Waals surface area contributed by atoms with Crippen LogP contribution in [-0.2, 0) is 16.1 Å². The highest BCUT2D eigenvalue weighted by Crippen LogP contribution is 2.54. The Hall–Kier alpha value is -2.04. The molecule has 1 amide bonds.